The van der Waals surface area contributed by atoms with E-state index in [-0.39, 0.29) is 18.3 Å². The predicted octanol–water partition coefficient (Wildman–Crippen LogP) is 1.49. The van der Waals surface area contributed by atoms with E-state index in [9.17, 15) is 18.0 Å². The first kappa shape index (κ1) is 11.9. The van der Waals surface area contributed by atoms with Gasteiger partial charge < -0.3 is 5.32 Å². The van der Waals surface area contributed by atoms with Gasteiger partial charge in [0.1, 0.15) is 12.2 Å². The molecular formula is C10H12F3N3O. The molecule has 1 N–H and O–H groups in total. The number of nitrogens with one attached hydrogen (secondary N) is 1. The first-order valence-corrected chi connectivity index (χ1v) is 5.27. The van der Waals surface area contributed by atoms with E-state index >= 15 is 0 Å². The van der Waals surface area contributed by atoms with Gasteiger partial charge in [0, 0.05) is 6.04 Å². The van der Waals surface area contributed by atoms with Crippen molar-refractivity contribution < 1.29 is 18.0 Å². The molecule has 1 aliphatic rings. The molecule has 1 aromatic heterocycles. The third-order valence-electron chi connectivity index (χ3n) is 2.43. The van der Waals surface area contributed by atoms with Crippen LogP contribution >= 0.6 is 0 Å². The topological polar surface area (TPSA) is 46.9 Å². The summed E-state index contributed by atoms with van der Waals surface area (Å²) in [5, 5.41) is 6.30. The second-order valence-corrected chi connectivity index (χ2v) is 4.17. The average molecular weight is 247 g/mol. The van der Waals surface area contributed by atoms with Gasteiger partial charge in [0.2, 0.25) is 5.91 Å². The van der Waals surface area contributed by atoms with Gasteiger partial charge in [-0.3, -0.25) is 9.48 Å². The van der Waals surface area contributed by atoms with Crippen LogP contribution in [0.1, 0.15) is 24.2 Å². The number of carbonyl (C=O) groups excluding carboxylic acids is 1. The lowest BCUT2D eigenvalue weighted by Crippen LogP contribution is -2.31. The number of aryl methyl sites for hydroxylation is 1. The maximum absolute atomic E-state index is 12.6. The summed E-state index contributed by atoms with van der Waals surface area (Å²) in [6.07, 6.45) is -2.69. The number of nitrogens with zero attached hydrogens (tertiary/aromatic N) is 2. The van der Waals surface area contributed by atoms with Crippen molar-refractivity contribution in [2.24, 2.45) is 0 Å². The molecule has 4 nitrogen and oxygen atoms in total. The first-order chi connectivity index (χ1) is 7.86. The fourth-order valence-corrected chi connectivity index (χ4v) is 1.53. The molecule has 0 spiro atoms. The maximum atomic E-state index is 12.6. The molecule has 1 aliphatic carbocycles. The number of alkyl halides is 3. The van der Waals surface area contributed by atoms with Gasteiger partial charge in [-0.25, -0.2) is 0 Å². The van der Waals surface area contributed by atoms with Crippen molar-refractivity contribution in [2.75, 3.05) is 0 Å². The molecule has 0 unspecified atom stereocenters. The summed E-state index contributed by atoms with van der Waals surface area (Å²) >= 11 is 0. The minimum absolute atomic E-state index is 0.133. The van der Waals surface area contributed by atoms with Crippen LogP contribution in [-0.4, -0.2) is 21.7 Å². The molecule has 0 aromatic carbocycles. The SMILES string of the molecule is Cc1cc(C(F)(F)F)n(CC(=O)NC2CC2)n1. The van der Waals surface area contributed by atoms with Crippen LogP contribution in [0.3, 0.4) is 0 Å². The van der Waals surface area contributed by atoms with Gasteiger partial charge in [-0.2, -0.15) is 18.3 Å². The van der Waals surface area contributed by atoms with Crippen molar-refractivity contribution in [2.45, 2.75) is 38.5 Å². The van der Waals surface area contributed by atoms with Gasteiger partial charge in [0.15, 0.2) is 0 Å². The summed E-state index contributed by atoms with van der Waals surface area (Å²) in [5.41, 5.74) is -0.641. The van der Waals surface area contributed by atoms with Crippen LogP contribution in [-0.2, 0) is 17.5 Å². The average Bonchev–Trinajstić information content (AvgIpc) is 2.88. The summed E-state index contributed by atoms with van der Waals surface area (Å²) in [6, 6.07) is 1.07. The third-order valence-corrected chi connectivity index (χ3v) is 2.43. The number of aromatic nitrogens is 2. The largest absolute Gasteiger partial charge is 0.433 e. The number of hydrogen-bond acceptors (Lipinski definition) is 2. The van der Waals surface area contributed by atoms with Crippen molar-refractivity contribution >= 4 is 5.91 Å². The molecule has 1 saturated carbocycles. The zero-order valence-electron chi connectivity index (χ0n) is 9.21. The maximum Gasteiger partial charge on any atom is 0.433 e. The Kier molecular flexibility index (Phi) is 2.84. The molecule has 0 saturated heterocycles. The van der Waals surface area contributed by atoms with E-state index in [4.69, 9.17) is 0 Å². The van der Waals surface area contributed by atoms with E-state index in [0.29, 0.717) is 4.68 Å². The molecule has 17 heavy (non-hydrogen) atoms. The van der Waals surface area contributed by atoms with Gasteiger partial charge in [-0.1, -0.05) is 0 Å². The number of amides is 1. The van der Waals surface area contributed by atoms with E-state index in [1.54, 1.807) is 0 Å². The van der Waals surface area contributed by atoms with E-state index in [2.05, 4.69) is 10.4 Å². The van der Waals surface area contributed by atoms with Crippen molar-refractivity contribution in [3.63, 3.8) is 0 Å². The Morgan fingerprint density at radius 2 is 2.24 bits per heavy atom. The minimum atomic E-state index is -4.48. The number of rotatable bonds is 3. The molecule has 0 atom stereocenters. The lowest BCUT2D eigenvalue weighted by Gasteiger charge is -2.10. The molecule has 1 fully saturated rings. The fraction of sp³-hybridized carbons (Fsp3) is 0.600. The molecule has 0 bridgehead atoms. The molecular weight excluding hydrogens is 235 g/mol. The van der Waals surface area contributed by atoms with Crippen molar-refractivity contribution in [1.82, 2.24) is 15.1 Å². The van der Waals surface area contributed by atoms with E-state index < -0.39 is 17.8 Å². The van der Waals surface area contributed by atoms with Crippen LogP contribution in [0.15, 0.2) is 6.07 Å². The standard InChI is InChI=1S/C10H12F3N3O/c1-6-4-8(10(11,12)13)16(15-6)5-9(17)14-7-2-3-7/h4,7H,2-3,5H2,1H3,(H,14,17). The molecule has 1 aromatic rings. The van der Waals surface area contributed by atoms with E-state index in [1.165, 1.54) is 6.92 Å². The van der Waals surface area contributed by atoms with E-state index in [1.807, 2.05) is 0 Å². The lowest BCUT2D eigenvalue weighted by molar-refractivity contribution is -0.144. The van der Waals surface area contributed by atoms with Gasteiger partial charge in [0.25, 0.3) is 0 Å². The highest BCUT2D eigenvalue weighted by Gasteiger charge is 2.36. The van der Waals surface area contributed by atoms with Gasteiger partial charge in [-0.05, 0) is 25.8 Å². The summed E-state index contributed by atoms with van der Waals surface area (Å²) in [6.45, 7) is 1.07. The number of halogens is 3. The summed E-state index contributed by atoms with van der Waals surface area (Å²) in [5.74, 6) is -0.430. The molecule has 7 heteroatoms. The van der Waals surface area contributed by atoms with Crippen LogP contribution in [0.25, 0.3) is 0 Å². The molecule has 1 heterocycles. The Labute approximate surface area is 95.8 Å². The van der Waals surface area contributed by atoms with Crippen LogP contribution in [0.2, 0.25) is 0 Å². The fourth-order valence-electron chi connectivity index (χ4n) is 1.53. The van der Waals surface area contributed by atoms with E-state index in [0.717, 1.165) is 18.9 Å². The zero-order valence-corrected chi connectivity index (χ0v) is 9.21. The first-order valence-electron chi connectivity index (χ1n) is 5.27. The zero-order chi connectivity index (χ0) is 12.6. The normalized spacial score (nSPS) is 16.0. The molecule has 1 amide bonds. The van der Waals surface area contributed by atoms with Gasteiger partial charge in [0.05, 0.1) is 5.69 Å². The quantitative estimate of drug-likeness (QED) is 0.879. The Morgan fingerprint density at radius 3 is 2.76 bits per heavy atom. The third kappa shape index (κ3) is 2.98. The van der Waals surface area contributed by atoms with Crippen LogP contribution < -0.4 is 5.32 Å². The summed E-state index contributed by atoms with van der Waals surface area (Å²) < 4.78 is 38.5. The second kappa shape index (κ2) is 4.05. The van der Waals surface area contributed by atoms with Gasteiger partial charge >= 0.3 is 6.18 Å². The number of hydrogen-bond donors (Lipinski definition) is 1. The summed E-state index contributed by atoms with van der Waals surface area (Å²) in [7, 11) is 0. The predicted molar refractivity (Wildman–Crippen MR) is 53.1 cm³/mol. The Bertz CT molecular complexity index is 434. The van der Waals surface area contributed by atoms with Crippen LogP contribution in [0.4, 0.5) is 13.2 Å². The van der Waals surface area contributed by atoms with Crippen LogP contribution in [0.5, 0.6) is 0 Å². The van der Waals surface area contributed by atoms with Crippen LogP contribution in [0, 0.1) is 6.92 Å². The molecule has 0 radical (unpaired) electrons. The lowest BCUT2D eigenvalue weighted by atomic mass is 10.3. The number of carbonyl (C=O) groups is 1. The molecule has 2 rings (SSSR count). The highest BCUT2D eigenvalue weighted by atomic mass is 19.4. The Balaban J connectivity index is 2.11. The van der Waals surface area contributed by atoms with Crippen molar-refractivity contribution in [3.05, 3.63) is 17.5 Å². The van der Waals surface area contributed by atoms with Crippen molar-refractivity contribution in [1.29, 1.82) is 0 Å². The Hall–Kier alpha value is -1.53. The molecule has 0 aliphatic heterocycles. The van der Waals surface area contributed by atoms with Crippen molar-refractivity contribution in [3.8, 4) is 0 Å². The smallest absolute Gasteiger partial charge is 0.352 e. The highest BCUT2D eigenvalue weighted by Crippen LogP contribution is 2.29. The second-order valence-electron chi connectivity index (χ2n) is 4.17. The summed E-state index contributed by atoms with van der Waals surface area (Å²) in [4.78, 5) is 11.4. The monoisotopic (exact) mass is 247 g/mol. The highest BCUT2D eigenvalue weighted by molar-refractivity contribution is 5.76. The Morgan fingerprint density at radius 1 is 1.59 bits per heavy atom. The minimum Gasteiger partial charge on any atom is -0.352 e. The van der Waals surface area contributed by atoms with Gasteiger partial charge in [-0.15, -0.1) is 0 Å². The molecule has 94 valence electrons.